The lowest BCUT2D eigenvalue weighted by Gasteiger charge is -2.33. The Morgan fingerprint density at radius 3 is 2.45 bits per heavy atom. The molecule has 1 aromatic rings. The van der Waals surface area contributed by atoms with Crippen LogP contribution in [0.5, 0.6) is 0 Å². The number of benzene rings is 1. The van der Waals surface area contributed by atoms with Gasteiger partial charge in [-0.3, -0.25) is 4.90 Å². The van der Waals surface area contributed by atoms with E-state index in [2.05, 4.69) is 16.8 Å². The smallest absolute Gasteiger partial charge is 0.314 e. The van der Waals surface area contributed by atoms with E-state index in [-0.39, 0.29) is 18.4 Å². The maximum atomic E-state index is 12.7. The summed E-state index contributed by atoms with van der Waals surface area (Å²) in [4.78, 5) is 2.14. The molecule has 0 amide bonds. The molecule has 2 rings (SSSR count). The molecular weight excluding hydrogens is 289 g/mol. The lowest BCUT2D eigenvalue weighted by Crippen LogP contribution is -2.44. The van der Waals surface area contributed by atoms with Gasteiger partial charge in [-0.25, -0.2) is 0 Å². The van der Waals surface area contributed by atoms with Crippen molar-refractivity contribution in [2.45, 2.75) is 12.2 Å². The molecule has 1 aliphatic heterocycles. The number of rotatable bonds is 3. The van der Waals surface area contributed by atoms with E-state index in [0.717, 1.165) is 32.2 Å². The van der Waals surface area contributed by atoms with Crippen molar-refractivity contribution in [3.63, 3.8) is 0 Å². The van der Waals surface area contributed by atoms with Crippen molar-refractivity contribution >= 4 is 12.4 Å². The van der Waals surface area contributed by atoms with Crippen molar-refractivity contribution in [1.82, 2.24) is 10.2 Å². The summed E-state index contributed by atoms with van der Waals surface area (Å²) < 4.78 is 38.2. The van der Waals surface area contributed by atoms with Gasteiger partial charge in [-0.1, -0.05) is 18.2 Å². The van der Waals surface area contributed by atoms with E-state index in [0.29, 0.717) is 5.56 Å². The molecule has 6 heteroatoms. The Kier molecular flexibility index (Phi) is 6.05. The number of alkyl halides is 3. The van der Waals surface area contributed by atoms with Gasteiger partial charge >= 0.3 is 6.18 Å². The number of piperazine rings is 1. The van der Waals surface area contributed by atoms with Crippen molar-refractivity contribution in [3.8, 4) is 0 Å². The third-order valence-corrected chi connectivity index (χ3v) is 3.32. The Bertz CT molecular complexity index is 442. The number of hydrogen-bond acceptors (Lipinski definition) is 2. The van der Waals surface area contributed by atoms with Gasteiger partial charge in [0.15, 0.2) is 0 Å². The highest BCUT2D eigenvalue weighted by Gasteiger charge is 2.31. The maximum absolute atomic E-state index is 12.7. The van der Waals surface area contributed by atoms with Gasteiger partial charge in [0.1, 0.15) is 0 Å². The summed E-state index contributed by atoms with van der Waals surface area (Å²) in [5, 5.41) is 3.22. The summed E-state index contributed by atoms with van der Waals surface area (Å²) in [5.74, 6) is 0. The Hall–Kier alpha value is -1.04. The fourth-order valence-corrected chi connectivity index (χ4v) is 2.36. The molecule has 0 radical (unpaired) electrons. The van der Waals surface area contributed by atoms with Gasteiger partial charge in [-0.2, -0.15) is 13.2 Å². The second-order valence-electron chi connectivity index (χ2n) is 4.59. The normalized spacial score (nSPS) is 18.1. The standard InChI is InChI=1S/C14H17F3N2.ClH/c1-2-13(19-8-6-18-7-9-19)11-4-3-5-12(10-11)14(15,16)17;/h2-5,10,13,18H,1,6-9H2;1H/t13-;/m1./s1. The van der Waals surface area contributed by atoms with Gasteiger partial charge in [-0.05, 0) is 17.7 Å². The minimum Gasteiger partial charge on any atom is -0.314 e. The molecule has 1 aromatic carbocycles. The van der Waals surface area contributed by atoms with Crippen LogP contribution in [0, 0.1) is 0 Å². The Morgan fingerprint density at radius 1 is 1.25 bits per heavy atom. The predicted molar refractivity (Wildman–Crippen MR) is 76.1 cm³/mol. The molecule has 0 spiro atoms. The summed E-state index contributed by atoms with van der Waals surface area (Å²) in [6.07, 6.45) is -2.59. The van der Waals surface area contributed by atoms with Crippen LogP contribution in [0.4, 0.5) is 13.2 Å². The van der Waals surface area contributed by atoms with Crippen molar-refractivity contribution < 1.29 is 13.2 Å². The predicted octanol–water partition coefficient (Wildman–Crippen LogP) is 3.26. The quantitative estimate of drug-likeness (QED) is 0.862. The lowest BCUT2D eigenvalue weighted by molar-refractivity contribution is -0.137. The molecule has 112 valence electrons. The Balaban J connectivity index is 0.00000200. The van der Waals surface area contributed by atoms with Gasteiger partial charge in [0.05, 0.1) is 11.6 Å². The van der Waals surface area contributed by atoms with Crippen molar-refractivity contribution in [2.75, 3.05) is 26.2 Å². The first-order valence-electron chi connectivity index (χ1n) is 6.27. The van der Waals surface area contributed by atoms with E-state index < -0.39 is 11.7 Å². The molecule has 1 fully saturated rings. The molecule has 20 heavy (non-hydrogen) atoms. The molecule has 0 saturated carbocycles. The molecule has 1 N–H and O–H groups in total. The Labute approximate surface area is 123 Å². The topological polar surface area (TPSA) is 15.3 Å². The second-order valence-corrected chi connectivity index (χ2v) is 4.59. The van der Waals surface area contributed by atoms with Gasteiger partial charge < -0.3 is 5.32 Å². The molecule has 1 heterocycles. The van der Waals surface area contributed by atoms with Crippen LogP contribution in [0.1, 0.15) is 17.2 Å². The fraction of sp³-hybridized carbons (Fsp3) is 0.429. The van der Waals surface area contributed by atoms with Crippen LogP contribution in [0.15, 0.2) is 36.9 Å². The minimum atomic E-state index is -4.30. The molecule has 1 saturated heterocycles. The van der Waals surface area contributed by atoms with Gasteiger partial charge in [0, 0.05) is 26.2 Å². The van der Waals surface area contributed by atoms with Crippen molar-refractivity contribution in [2.24, 2.45) is 0 Å². The molecule has 0 aromatic heterocycles. The molecule has 0 unspecified atom stereocenters. The zero-order chi connectivity index (χ0) is 13.9. The first-order chi connectivity index (χ1) is 9.02. The average Bonchev–Trinajstić information content (AvgIpc) is 2.40. The van der Waals surface area contributed by atoms with Gasteiger partial charge in [0.2, 0.25) is 0 Å². The first kappa shape index (κ1) is 17.0. The molecule has 2 nitrogen and oxygen atoms in total. The number of halogens is 4. The van der Waals surface area contributed by atoms with E-state index >= 15 is 0 Å². The number of nitrogens with zero attached hydrogens (tertiary/aromatic N) is 1. The molecule has 0 bridgehead atoms. The summed E-state index contributed by atoms with van der Waals surface area (Å²) in [6, 6.07) is 5.33. The maximum Gasteiger partial charge on any atom is 0.416 e. The van der Waals surface area contributed by atoms with E-state index in [4.69, 9.17) is 0 Å². The third kappa shape index (κ3) is 3.98. The molecule has 1 aliphatic rings. The van der Waals surface area contributed by atoms with E-state index in [1.54, 1.807) is 12.1 Å². The molecule has 1 atom stereocenters. The highest BCUT2D eigenvalue weighted by Crippen LogP contribution is 2.32. The van der Waals surface area contributed by atoms with Crippen LogP contribution in [-0.4, -0.2) is 31.1 Å². The SMILES string of the molecule is C=C[C@H](c1cccc(C(F)(F)F)c1)N1CCNCC1.Cl. The first-order valence-corrected chi connectivity index (χ1v) is 6.27. The minimum absolute atomic E-state index is 0. The third-order valence-electron chi connectivity index (χ3n) is 3.32. The van der Waals surface area contributed by atoms with Crippen LogP contribution in [0.25, 0.3) is 0 Å². The lowest BCUT2D eigenvalue weighted by atomic mass is 10.0. The van der Waals surface area contributed by atoms with Crippen LogP contribution in [-0.2, 0) is 6.18 Å². The van der Waals surface area contributed by atoms with E-state index in [9.17, 15) is 13.2 Å². The van der Waals surface area contributed by atoms with Gasteiger partial charge in [0.25, 0.3) is 0 Å². The van der Waals surface area contributed by atoms with E-state index in [1.807, 2.05) is 0 Å². The van der Waals surface area contributed by atoms with Crippen molar-refractivity contribution in [3.05, 3.63) is 48.0 Å². The van der Waals surface area contributed by atoms with Crippen LogP contribution in [0.3, 0.4) is 0 Å². The molecular formula is C14H18ClF3N2. The summed E-state index contributed by atoms with van der Waals surface area (Å²) >= 11 is 0. The number of nitrogens with one attached hydrogen (secondary N) is 1. The number of hydrogen-bond donors (Lipinski definition) is 1. The van der Waals surface area contributed by atoms with Gasteiger partial charge in [-0.15, -0.1) is 19.0 Å². The zero-order valence-corrected chi connectivity index (χ0v) is 11.8. The Morgan fingerprint density at radius 2 is 1.90 bits per heavy atom. The van der Waals surface area contributed by atoms with Crippen molar-refractivity contribution in [1.29, 1.82) is 0 Å². The summed E-state index contributed by atoms with van der Waals surface area (Å²) in [5.41, 5.74) is 0.0405. The highest BCUT2D eigenvalue weighted by atomic mass is 35.5. The van der Waals surface area contributed by atoms with Crippen LogP contribution < -0.4 is 5.32 Å². The van der Waals surface area contributed by atoms with Crippen LogP contribution in [0.2, 0.25) is 0 Å². The summed E-state index contributed by atoms with van der Waals surface area (Å²) in [7, 11) is 0. The average molecular weight is 307 g/mol. The second kappa shape index (κ2) is 7.11. The summed E-state index contributed by atoms with van der Waals surface area (Å²) in [6.45, 7) is 7.09. The monoisotopic (exact) mass is 306 g/mol. The fourth-order valence-electron chi connectivity index (χ4n) is 2.36. The van der Waals surface area contributed by atoms with E-state index in [1.165, 1.54) is 12.1 Å². The molecule has 0 aliphatic carbocycles. The highest BCUT2D eigenvalue weighted by molar-refractivity contribution is 5.85. The zero-order valence-electron chi connectivity index (χ0n) is 11.0. The largest absolute Gasteiger partial charge is 0.416 e. The van der Waals surface area contributed by atoms with Crippen LogP contribution >= 0.6 is 12.4 Å².